The number of thioether (sulfide) groups is 1. The molecule has 1 aliphatic heterocycles. The van der Waals surface area contributed by atoms with Gasteiger partial charge in [0.2, 0.25) is 11.8 Å². The second-order valence-corrected chi connectivity index (χ2v) is 8.59. The van der Waals surface area contributed by atoms with Crippen molar-refractivity contribution >= 4 is 29.3 Å². The minimum Gasteiger partial charge on any atom is -0.350 e. The van der Waals surface area contributed by atoms with Gasteiger partial charge in [0, 0.05) is 17.9 Å². The van der Waals surface area contributed by atoms with Gasteiger partial charge in [0.1, 0.15) is 0 Å². The molecule has 28 heavy (non-hydrogen) atoms. The Morgan fingerprint density at radius 1 is 1.14 bits per heavy atom. The quantitative estimate of drug-likeness (QED) is 0.824. The van der Waals surface area contributed by atoms with E-state index in [4.69, 9.17) is 0 Å². The van der Waals surface area contributed by atoms with Gasteiger partial charge in [-0.1, -0.05) is 30.3 Å². The van der Waals surface area contributed by atoms with E-state index in [2.05, 4.69) is 23.5 Å². The van der Waals surface area contributed by atoms with Gasteiger partial charge in [-0.05, 0) is 61.4 Å². The summed E-state index contributed by atoms with van der Waals surface area (Å²) in [5, 5.41) is 3.10. The number of anilines is 1. The molecule has 0 spiro atoms. The molecule has 0 fully saturated rings. The zero-order valence-electron chi connectivity index (χ0n) is 16.2. The first kappa shape index (κ1) is 19.1. The third-order valence-corrected chi connectivity index (χ3v) is 6.67. The summed E-state index contributed by atoms with van der Waals surface area (Å²) < 4.78 is 0. The lowest BCUT2D eigenvalue weighted by molar-refractivity contribution is -0.121. The van der Waals surface area contributed by atoms with Gasteiger partial charge in [-0.2, -0.15) is 0 Å². The van der Waals surface area contributed by atoms with Gasteiger partial charge in [-0.3, -0.25) is 9.59 Å². The molecule has 0 bridgehead atoms. The molecular formula is C23H26N2O2S. The Labute approximate surface area is 170 Å². The van der Waals surface area contributed by atoms with E-state index in [9.17, 15) is 9.59 Å². The number of para-hydroxylation sites is 1. The van der Waals surface area contributed by atoms with Crippen molar-refractivity contribution in [2.75, 3.05) is 17.2 Å². The molecular weight excluding hydrogens is 368 g/mol. The second kappa shape index (κ2) is 8.39. The molecule has 0 aromatic heterocycles. The highest BCUT2D eigenvalue weighted by Gasteiger charge is 2.25. The van der Waals surface area contributed by atoms with Crippen molar-refractivity contribution in [3.05, 3.63) is 59.2 Å². The molecule has 0 unspecified atom stereocenters. The van der Waals surface area contributed by atoms with E-state index in [1.54, 1.807) is 16.7 Å². The van der Waals surface area contributed by atoms with Crippen LogP contribution in [0.15, 0.2) is 47.4 Å². The van der Waals surface area contributed by atoms with E-state index in [-0.39, 0.29) is 17.9 Å². The molecule has 5 heteroatoms. The maximum Gasteiger partial charge on any atom is 0.237 e. The molecule has 4 nitrogen and oxygen atoms in total. The third kappa shape index (κ3) is 4.09. The summed E-state index contributed by atoms with van der Waals surface area (Å²) >= 11 is 1.56. The van der Waals surface area contributed by atoms with Crippen LogP contribution in [0.2, 0.25) is 0 Å². The molecule has 0 radical (unpaired) electrons. The smallest absolute Gasteiger partial charge is 0.237 e. The highest BCUT2D eigenvalue weighted by molar-refractivity contribution is 8.00. The molecule has 4 rings (SSSR count). The van der Waals surface area contributed by atoms with Gasteiger partial charge in [-0.15, -0.1) is 11.8 Å². The Morgan fingerprint density at radius 2 is 1.93 bits per heavy atom. The molecule has 2 amide bonds. The predicted octanol–water partition coefficient (Wildman–Crippen LogP) is 4.27. The number of hydrogen-bond donors (Lipinski definition) is 1. The van der Waals surface area contributed by atoms with Crippen LogP contribution in [0, 0.1) is 0 Å². The van der Waals surface area contributed by atoms with E-state index in [0.29, 0.717) is 18.7 Å². The standard InChI is InChI=1S/C23H26N2O2S/c1-16(18-11-10-17-6-2-3-7-19(17)14-18)24-22(26)12-13-25-20-8-4-5-9-21(20)28-15-23(25)27/h4-5,8-11,14,16H,2-3,6-7,12-13,15H2,1H3,(H,24,26)/t16-/m1/s1. The summed E-state index contributed by atoms with van der Waals surface area (Å²) in [7, 11) is 0. The molecule has 2 aliphatic rings. The van der Waals surface area contributed by atoms with E-state index in [0.717, 1.165) is 22.6 Å². The number of aryl methyl sites for hydroxylation is 2. The Kier molecular flexibility index (Phi) is 5.72. The summed E-state index contributed by atoms with van der Waals surface area (Å²) in [6.45, 7) is 2.44. The van der Waals surface area contributed by atoms with Crippen LogP contribution in [-0.2, 0) is 22.4 Å². The van der Waals surface area contributed by atoms with Crippen molar-refractivity contribution in [2.45, 2.75) is 50.0 Å². The highest BCUT2D eigenvalue weighted by atomic mass is 32.2. The lowest BCUT2D eigenvalue weighted by Gasteiger charge is -2.29. The number of rotatable bonds is 5. The van der Waals surface area contributed by atoms with Gasteiger partial charge >= 0.3 is 0 Å². The number of nitrogens with zero attached hydrogens (tertiary/aromatic N) is 1. The van der Waals surface area contributed by atoms with Gasteiger partial charge < -0.3 is 10.2 Å². The summed E-state index contributed by atoms with van der Waals surface area (Å²) in [6.07, 6.45) is 5.13. The van der Waals surface area contributed by atoms with Crippen LogP contribution in [0.5, 0.6) is 0 Å². The molecule has 1 N–H and O–H groups in total. The SMILES string of the molecule is C[C@@H](NC(=O)CCN1C(=O)CSc2ccccc21)c1ccc2c(c1)CCCC2. The van der Waals surface area contributed by atoms with Crippen molar-refractivity contribution in [2.24, 2.45) is 0 Å². The van der Waals surface area contributed by atoms with E-state index in [1.165, 1.54) is 30.4 Å². The predicted molar refractivity (Wildman–Crippen MR) is 114 cm³/mol. The molecule has 2 aromatic rings. The fraction of sp³-hybridized carbons (Fsp3) is 0.391. The largest absolute Gasteiger partial charge is 0.350 e. The van der Waals surface area contributed by atoms with Crippen LogP contribution >= 0.6 is 11.8 Å². The van der Waals surface area contributed by atoms with Crippen molar-refractivity contribution in [3.8, 4) is 0 Å². The zero-order chi connectivity index (χ0) is 19.5. The normalized spacial score (nSPS) is 16.9. The van der Waals surface area contributed by atoms with Gasteiger partial charge in [-0.25, -0.2) is 0 Å². The Hall–Kier alpha value is -2.27. The Bertz CT molecular complexity index is 896. The molecule has 1 heterocycles. The average molecular weight is 395 g/mol. The van der Waals surface area contributed by atoms with Crippen LogP contribution in [0.1, 0.15) is 48.9 Å². The van der Waals surface area contributed by atoms with Gasteiger partial charge in [0.25, 0.3) is 0 Å². The second-order valence-electron chi connectivity index (χ2n) is 7.58. The molecule has 0 saturated heterocycles. The number of amides is 2. The topological polar surface area (TPSA) is 49.4 Å². The number of carbonyl (C=O) groups excluding carboxylic acids is 2. The molecule has 0 saturated carbocycles. The minimum absolute atomic E-state index is 0.0197. The lowest BCUT2D eigenvalue weighted by Crippen LogP contribution is -2.38. The van der Waals surface area contributed by atoms with Crippen LogP contribution in [0.4, 0.5) is 5.69 Å². The summed E-state index contributed by atoms with van der Waals surface area (Å²) in [5.41, 5.74) is 4.95. The van der Waals surface area contributed by atoms with E-state index < -0.39 is 0 Å². The van der Waals surface area contributed by atoms with E-state index in [1.807, 2.05) is 31.2 Å². The summed E-state index contributed by atoms with van der Waals surface area (Å²) in [5.74, 6) is 0.484. The molecule has 1 aliphatic carbocycles. The monoisotopic (exact) mass is 394 g/mol. The van der Waals surface area contributed by atoms with Gasteiger partial charge in [0.15, 0.2) is 0 Å². The first-order valence-corrected chi connectivity index (χ1v) is 11.0. The Balaban J connectivity index is 1.36. The van der Waals surface area contributed by atoms with Crippen molar-refractivity contribution in [3.63, 3.8) is 0 Å². The first-order chi connectivity index (χ1) is 13.6. The Morgan fingerprint density at radius 3 is 2.79 bits per heavy atom. The zero-order valence-corrected chi connectivity index (χ0v) is 17.1. The van der Waals surface area contributed by atoms with Crippen LogP contribution in [0.3, 0.4) is 0 Å². The van der Waals surface area contributed by atoms with E-state index >= 15 is 0 Å². The maximum absolute atomic E-state index is 12.5. The molecule has 1 atom stereocenters. The van der Waals surface area contributed by atoms with Gasteiger partial charge in [0.05, 0.1) is 17.5 Å². The molecule has 146 valence electrons. The number of carbonyl (C=O) groups is 2. The van der Waals surface area contributed by atoms with Crippen molar-refractivity contribution in [1.29, 1.82) is 0 Å². The summed E-state index contributed by atoms with van der Waals surface area (Å²) in [4.78, 5) is 27.7. The fourth-order valence-electron chi connectivity index (χ4n) is 4.03. The number of nitrogens with one attached hydrogen (secondary N) is 1. The number of hydrogen-bond acceptors (Lipinski definition) is 3. The fourth-order valence-corrected chi connectivity index (χ4v) is 4.97. The average Bonchev–Trinajstić information content (AvgIpc) is 2.72. The number of benzene rings is 2. The third-order valence-electron chi connectivity index (χ3n) is 5.62. The lowest BCUT2D eigenvalue weighted by atomic mass is 9.89. The minimum atomic E-state index is -0.0281. The first-order valence-electron chi connectivity index (χ1n) is 10.0. The summed E-state index contributed by atoms with van der Waals surface area (Å²) in [6, 6.07) is 14.5. The highest BCUT2D eigenvalue weighted by Crippen LogP contribution is 2.34. The van der Waals surface area contributed by atoms with Crippen molar-refractivity contribution in [1.82, 2.24) is 5.32 Å². The van der Waals surface area contributed by atoms with Crippen LogP contribution in [-0.4, -0.2) is 24.1 Å². The number of fused-ring (bicyclic) bond motifs is 2. The van der Waals surface area contributed by atoms with Crippen LogP contribution < -0.4 is 10.2 Å². The van der Waals surface area contributed by atoms with Crippen molar-refractivity contribution < 1.29 is 9.59 Å². The molecule has 2 aromatic carbocycles. The maximum atomic E-state index is 12.5. The van der Waals surface area contributed by atoms with Crippen LogP contribution in [0.25, 0.3) is 0 Å².